The second kappa shape index (κ2) is 9.51. The highest BCUT2D eigenvalue weighted by Crippen LogP contribution is 2.30. The molecule has 1 heterocycles. The molecule has 0 radical (unpaired) electrons. The summed E-state index contributed by atoms with van der Waals surface area (Å²) in [7, 11) is 5.61. The van der Waals surface area contributed by atoms with Crippen molar-refractivity contribution in [2.75, 3.05) is 32.7 Å². The van der Waals surface area contributed by atoms with Crippen LogP contribution < -0.4 is 10.3 Å². The Morgan fingerprint density at radius 3 is 2.29 bits per heavy atom. The van der Waals surface area contributed by atoms with Gasteiger partial charge in [-0.05, 0) is 49.6 Å². The van der Waals surface area contributed by atoms with Crippen LogP contribution in [-0.4, -0.2) is 38.7 Å². The quantitative estimate of drug-likeness (QED) is 0.495. The van der Waals surface area contributed by atoms with Crippen molar-refractivity contribution in [3.05, 3.63) is 51.7 Å². The van der Waals surface area contributed by atoms with Crippen molar-refractivity contribution >= 4 is 33.8 Å². The van der Waals surface area contributed by atoms with E-state index in [1.807, 2.05) is 67.7 Å². The molecule has 28 heavy (non-hydrogen) atoms. The molecule has 0 saturated carbocycles. The Morgan fingerprint density at radius 1 is 1.11 bits per heavy atom. The molecule has 0 bridgehead atoms. The third kappa shape index (κ3) is 4.09. The van der Waals surface area contributed by atoms with Crippen LogP contribution in [0.4, 0.5) is 5.69 Å². The van der Waals surface area contributed by atoms with Crippen molar-refractivity contribution in [2.24, 2.45) is 0 Å². The topological polar surface area (TPSA) is 51.5 Å². The summed E-state index contributed by atoms with van der Waals surface area (Å²) in [5.74, 6) is 0. The molecule has 3 rings (SSSR count). The van der Waals surface area contributed by atoms with E-state index in [-0.39, 0.29) is 12.0 Å². The predicted octanol–water partition coefficient (Wildman–Crippen LogP) is 3.94. The molecule has 0 atom stereocenters. The second-order valence-electron chi connectivity index (χ2n) is 6.91. The van der Waals surface area contributed by atoms with Crippen molar-refractivity contribution in [3.8, 4) is 0 Å². The summed E-state index contributed by atoms with van der Waals surface area (Å²) >= 11 is 0. The smallest absolute Gasteiger partial charge is 0.197 e. The van der Waals surface area contributed by atoms with Gasteiger partial charge in [0.05, 0.1) is 23.3 Å². The molecule has 5 nitrogen and oxygen atoms in total. The molecule has 2 aromatic carbocycles. The zero-order valence-corrected chi connectivity index (χ0v) is 17.7. The number of aromatic nitrogens is 1. The third-order valence-electron chi connectivity index (χ3n) is 4.87. The fourth-order valence-electron chi connectivity index (χ4n) is 3.44. The Balaban J connectivity index is 0.000000640. The van der Waals surface area contributed by atoms with Crippen LogP contribution in [0, 0.1) is 6.92 Å². The Morgan fingerprint density at radius 2 is 1.75 bits per heavy atom. The van der Waals surface area contributed by atoms with Crippen LogP contribution in [0.15, 0.2) is 35.1 Å². The van der Waals surface area contributed by atoms with Crippen molar-refractivity contribution in [2.45, 2.75) is 33.7 Å². The number of benzene rings is 2. The van der Waals surface area contributed by atoms with Crippen LogP contribution in [0.2, 0.25) is 0 Å². The summed E-state index contributed by atoms with van der Waals surface area (Å²) in [4.78, 5) is 26.4. The van der Waals surface area contributed by atoms with Gasteiger partial charge in [0.1, 0.15) is 6.29 Å². The molecule has 0 N–H and O–H groups in total. The molecule has 3 aromatic rings. The summed E-state index contributed by atoms with van der Waals surface area (Å²) in [6, 6.07) is 9.74. The number of aryl methyl sites for hydroxylation is 2. The number of rotatable bonds is 5. The molecule has 0 aliphatic rings. The Kier molecular flexibility index (Phi) is 7.35. The van der Waals surface area contributed by atoms with Gasteiger partial charge in [-0.15, -0.1) is 0 Å². The van der Waals surface area contributed by atoms with Gasteiger partial charge in [0, 0.05) is 38.6 Å². The van der Waals surface area contributed by atoms with Gasteiger partial charge in [-0.3, -0.25) is 4.79 Å². The highest BCUT2D eigenvalue weighted by atomic mass is 16.5. The van der Waals surface area contributed by atoms with Gasteiger partial charge in [0.25, 0.3) is 0 Å². The number of anilines is 1. The van der Waals surface area contributed by atoms with E-state index in [0.717, 1.165) is 47.2 Å². The number of hydrogen-bond donors (Lipinski definition) is 0. The van der Waals surface area contributed by atoms with E-state index in [9.17, 15) is 9.59 Å². The van der Waals surface area contributed by atoms with Crippen LogP contribution in [0.5, 0.6) is 0 Å². The molecule has 150 valence electrons. The first kappa shape index (κ1) is 21.6. The third-order valence-corrected chi connectivity index (χ3v) is 4.87. The average molecular weight is 383 g/mol. The molecular formula is C23H30N2O3. The maximum atomic E-state index is 13.0. The van der Waals surface area contributed by atoms with Gasteiger partial charge in [-0.25, -0.2) is 0 Å². The maximum Gasteiger partial charge on any atom is 0.197 e. The molecule has 0 aliphatic heterocycles. The average Bonchev–Trinajstić information content (AvgIpc) is 2.70. The highest BCUT2D eigenvalue weighted by Gasteiger charge is 2.16. The standard InChI is InChI=1S/C20H22N2O2.C3H8O/c1-5-14-7-9-15-17(12-14)22(10-11-23)19-16(20(15)24)8-6-13(2)18(19)21(3)4;1-3-4-2/h6-9,11-12H,5,10H2,1-4H3;3H2,1-2H3. The number of ether oxygens (including phenoxy) is 1. The van der Waals surface area contributed by atoms with Gasteiger partial charge in [0.2, 0.25) is 0 Å². The Bertz CT molecular complexity index is 1030. The van der Waals surface area contributed by atoms with Gasteiger partial charge in [-0.1, -0.05) is 19.1 Å². The minimum absolute atomic E-state index is 0.0212. The summed E-state index contributed by atoms with van der Waals surface area (Å²) in [5, 5.41) is 1.32. The lowest BCUT2D eigenvalue weighted by Crippen LogP contribution is -2.18. The first-order valence-electron chi connectivity index (χ1n) is 9.59. The monoisotopic (exact) mass is 382 g/mol. The molecule has 0 unspecified atom stereocenters. The fourth-order valence-corrected chi connectivity index (χ4v) is 3.44. The minimum atomic E-state index is 0.0212. The summed E-state index contributed by atoms with van der Waals surface area (Å²) in [6.45, 7) is 7.11. The number of hydrogen-bond acceptors (Lipinski definition) is 4. The summed E-state index contributed by atoms with van der Waals surface area (Å²) in [6.07, 6.45) is 1.78. The van der Waals surface area contributed by atoms with Crippen LogP contribution in [0.1, 0.15) is 25.0 Å². The molecule has 0 aliphatic carbocycles. The van der Waals surface area contributed by atoms with Gasteiger partial charge in [-0.2, -0.15) is 0 Å². The molecule has 0 fully saturated rings. The van der Waals surface area contributed by atoms with E-state index in [2.05, 4.69) is 11.7 Å². The maximum absolute atomic E-state index is 13.0. The number of aldehydes is 1. The Hall–Kier alpha value is -2.66. The number of fused-ring (bicyclic) bond motifs is 2. The van der Waals surface area contributed by atoms with E-state index in [1.165, 1.54) is 0 Å². The van der Waals surface area contributed by atoms with E-state index in [0.29, 0.717) is 10.8 Å². The minimum Gasteiger partial charge on any atom is -0.385 e. The van der Waals surface area contributed by atoms with Gasteiger partial charge < -0.3 is 19.0 Å². The lowest BCUT2D eigenvalue weighted by Gasteiger charge is -2.22. The molecule has 0 spiro atoms. The van der Waals surface area contributed by atoms with Gasteiger partial charge in [0.15, 0.2) is 5.43 Å². The fraction of sp³-hybridized carbons (Fsp3) is 0.391. The SMILES string of the molecule is CCOC.CCc1ccc2c(=O)c3ccc(C)c(N(C)C)c3n(CC=O)c2c1. The van der Waals surface area contributed by atoms with E-state index < -0.39 is 0 Å². The summed E-state index contributed by atoms with van der Waals surface area (Å²) in [5.41, 5.74) is 4.89. The predicted molar refractivity (Wildman–Crippen MR) is 118 cm³/mol. The molecule has 5 heteroatoms. The van der Waals surface area contributed by atoms with Crippen LogP contribution in [-0.2, 0) is 22.5 Å². The second-order valence-corrected chi connectivity index (χ2v) is 6.91. The molecule has 1 aromatic heterocycles. The van der Waals surface area contributed by atoms with Crippen molar-refractivity contribution in [3.63, 3.8) is 0 Å². The first-order valence-corrected chi connectivity index (χ1v) is 9.59. The van der Waals surface area contributed by atoms with Gasteiger partial charge >= 0.3 is 0 Å². The lowest BCUT2D eigenvalue weighted by atomic mass is 10.0. The van der Waals surface area contributed by atoms with Crippen LogP contribution in [0.3, 0.4) is 0 Å². The first-order chi connectivity index (χ1) is 13.4. The number of nitrogens with zero attached hydrogens (tertiary/aromatic N) is 2. The highest BCUT2D eigenvalue weighted by molar-refractivity contribution is 6.01. The normalized spacial score (nSPS) is 10.6. The molecular weight excluding hydrogens is 352 g/mol. The lowest BCUT2D eigenvalue weighted by molar-refractivity contribution is -0.108. The Labute approximate surface area is 166 Å². The zero-order valence-electron chi connectivity index (χ0n) is 17.7. The molecule has 0 amide bonds. The van der Waals surface area contributed by atoms with E-state index in [4.69, 9.17) is 0 Å². The zero-order chi connectivity index (χ0) is 20.8. The van der Waals surface area contributed by atoms with E-state index >= 15 is 0 Å². The van der Waals surface area contributed by atoms with Crippen LogP contribution in [0.25, 0.3) is 21.8 Å². The van der Waals surface area contributed by atoms with Crippen molar-refractivity contribution < 1.29 is 9.53 Å². The number of carbonyl (C=O) groups excluding carboxylic acids is 1. The van der Waals surface area contributed by atoms with Crippen molar-refractivity contribution in [1.82, 2.24) is 4.57 Å². The number of pyridine rings is 1. The summed E-state index contributed by atoms with van der Waals surface area (Å²) < 4.78 is 6.51. The number of methoxy groups -OCH3 is 1. The molecule has 0 saturated heterocycles. The van der Waals surface area contributed by atoms with E-state index in [1.54, 1.807) is 7.11 Å². The van der Waals surface area contributed by atoms with Crippen LogP contribution >= 0.6 is 0 Å². The largest absolute Gasteiger partial charge is 0.385 e. The van der Waals surface area contributed by atoms with Crippen molar-refractivity contribution in [1.29, 1.82) is 0 Å². The number of carbonyl (C=O) groups is 1.